The Labute approximate surface area is 162 Å². The molecule has 150 valence electrons. The van der Waals surface area contributed by atoms with Gasteiger partial charge in [0.15, 0.2) is 5.69 Å². The molecule has 1 N–H and O–H groups in total. The van der Waals surface area contributed by atoms with Crippen molar-refractivity contribution in [1.29, 1.82) is 0 Å². The summed E-state index contributed by atoms with van der Waals surface area (Å²) < 4.78 is 38.3. The van der Waals surface area contributed by atoms with Crippen LogP contribution >= 0.6 is 0 Å². The second-order valence-electron chi connectivity index (χ2n) is 5.98. The molecule has 0 saturated heterocycles. The van der Waals surface area contributed by atoms with Gasteiger partial charge in [-0.05, 0) is 12.1 Å². The van der Waals surface area contributed by atoms with E-state index in [4.69, 9.17) is 4.74 Å². The van der Waals surface area contributed by atoms with Crippen molar-refractivity contribution >= 4 is 21.9 Å². The number of carbonyl (C=O) groups excluding carboxylic acids is 2. The Hall–Kier alpha value is -2.76. The van der Waals surface area contributed by atoms with E-state index in [1.165, 1.54) is 26.6 Å². The molecule has 0 saturated carbocycles. The Morgan fingerprint density at radius 3 is 2.71 bits per heavy atom. The van der Waals surface area contributed by atoms with Crippen molar-refractivity contribution < 1.29 is 27.5 Å². The highest BCUT2D eigenvalue weighted by atomic mass is 32.2. The third-order valence-electron chi connectivity index (χ3n) is 4.28. The lowest BCUT2D eigenvalue weighted by atomic mass is 10.2. The standard InChI is InChI=1S/C17H20N4O6S/c1-26-8-7-18-17(23)16-13-9-20(10-15(22)27-2)28(24,25)14-6-4-3-5-12(14)21(13)11-19-16/h3-6,11H,7-10H2,1-2H3,(H,18,23). The van der Waals surface area contributed by atoms with E-state index in [1.54, 1.807) is 22.8 Å². The Morgan fingerprint density at radius 2 is 2.00 bits per heavy atom. The molecule has 28 heavy (non-hydrogen) atoms. The number of para-hydroxylation sites is 1. The molecule has 0 spiro atoms. The number of benzene rings is 1. The third kappa shape index (κ3) is 3.63. The third-order valence-corrected chi connectivity index (χ3v) is 6.11. The van der Waals surface area contributed by atoms with Gasteiger partial charge in [0.05, 0.1) is 31.6 Å². The number of ether oxygens (including phenoxy) is 2. The SMILES string of the molecule is COCCNC(=O)c1ncn2c1CN(CC(=O)OC)S(=O)(=O)c1ccccc1-2. The molecule has 1 aromatic heterocycles. The first-order valence-corrected chi connectivity index (χ1v) is 9.84. The molecule has 11 heteroatoms. The summed E-state index contributed by atoms with van der Waals surface area (Å²) in [4.78, 5) is 28.5. The molecule has 3 rings (SSSR count). The van der Waals surface area contributed by atoms with Crippen LogP contribution < -0.4 is 5.32 Å². The fraction of sp³-hybridized carbons (Fsp3) is 0.353. The van der Waals surface area contributed by atoms with Gasteiger partial charge in [0, 0.05) is 13.7 Å². The molecular formula is C17H20N4O6S. The monoisotopic (exact) mass is 408 g/mol. The van der Waals surface area contributed by atoms with E-state index in [-0.39, 0.29) is 23.7 Å². The summed E-state index contributed by atoms with van der Waals surface area (Å²) in [5, 5.41) is 2.67. The van der Waals surface area contributed by atoms with Gasteiger partial charge in [-0.2, -0.15) is 4.31 Å². The molecule has 1 aliphatic heterocycles. The van der Waals surface area contributed by atoms with E-state index >= 15 is 0 Å². The van der Waals surface area contributed by atoms with E-state index in [9.17, 15) is 18.0 Å². The highest BCUT2D eigenvalue weighted by molar-refractivity contribution is 7.89. The number of amides is 1. The number of esters is 1. The molecular weight excluding hydrogens is 388 g/mol. The van der Waals surface area contributed by atoms with Gasteiger partial charge in [-0.3, -0.25) is 14.2 Å². The summed E-state index contributed by atoms with van der Waals surface area (Å²) in [5.41, 5.74) is 0.790. The van der Waals surface area contributed by atoms with Crippen LogP contribution in [-0.2, 0) is 30.8 Å². The summed E-state index contributed by atoms with van der Waals surface area (Å²) in [6.07, 6.45) is 1.40. The number of sulfonamides is 1. The quantitative estimate of drug-likeness (QED) is 0.525. The molecule has 0 unspecified atom stereocenters. The number of carbonyl (C=O) groups is 2. The highest BCUT2D eigenvalue weighted by Gasteiger charge is 2.36. The molecule has 10 nitrogen and oxygen atoms in total. The highest BCUT2D eigenvalue weighted by Crippen LogP contribution is 2.31. The first-order valence-electron chi connectivity index (χ1n) is 8.40. The van der Waals surface area contributed by atoms with Crippen LogP contribution in [0.15, 0.2) is 35.5 Å². The maximum atomic E-state index is 13.1. The maximum absolute atomic E-state index is 13.1. The predicted octanol–water partition coefficient (Wildman–Crippen LogP) is -0.0742. The lowest BCUT2D eigenvalue weighted by Crippen LogP contribution is -2.36. The van der Waals surface area contributed by atoms with E-state index < -0.39 is 28.4 Å². The minimum atomic E-state index is -3.99. The number of hydrogen-bond acceptors (Lipinski definition) is 7. The van der Waals surface area contributed by atoms with Crippen molar-refractivity contribution in [3.63, 3.8) is 0 Å². The van der Waals surface area contributed by atoms with Gasteiger partial charge in [-0.1, -0.05) is 12.1 Å². The van der Waals surface area contributed by atoms with Crippen LogP contribution in [0.25, 0.3) is 5.69 Å². The predicted molar refractivity (Wildman–Crippen MR) is 97.4 cm³/mol. The molecule has 0 radical (unpaired) electrons. The number of methoxy groups -OCH3 is 2. The minimum absolute atomic E-state index is 0.0152. The van der Waals surface area contributed by atoms with Gasteiger partial charge in [-0.25, -0.2) is 13.4 Å². The van der Waals surface area contributed by atoms with Crippen LogP contribution in [0, 0.1) is 0 Å². The number of imidazole rings is 1. The summed E-state index contributed by atoms with van der Waals surface area (Å²) in [6.45, 7) is -0.0852. The molecule has 1 aromatic carbocycles. The Kier molecular flexibility index (Phi) is 5.77. The second-order valence-corrected chi connectivity index (χ2v) is 7.88. The molecule has 0 fully saturated rings. The number of fused-ring (bicyclic) bond motifs is 3. The van der Waals surface area contributed by atoms with Crippen LogP contribution in [0.2, 0.25) is 0 Å². The summed E-state index contributed by atoms with van der Waals surface area (Å²) in [5.74, 6) is -1.17. The zero-order valence-electron chi connectivity index (χ0n) is 15.4. The van der Waals surface area contributed by atoms with Gasteiger partial charge < -0.3 is 14.8 Å². The number of nitrogens with one attached hydrogen (secondary N) is 1. The minimum Gasteiger partial charge on any atom is -0.468 e. The molecule has 2 heterocycles. The van der Waals surface area contributed by atoms with Crippen LogP contribution in [-0.4, -0.2) is 68.1 Å². The van der Waals surface area contributed by atoms with E-state index in [2.05, 4.69) is 15.0 Å². The molecule has 1 aliphatic rings. The van der Waals surface area contributed by atoms with Crippen molar-refractivity contribution in [2.24, 2.45) is 0 Å². The van der Waals surface area contributed by atoms with Crippen molar-refractivity contribution in [3.8, 4) is 5.69 Å². The van der Waals surface area contributed by atoms with Crippen LogP contribution in [0.1, 0.15) is 16.2 Å². The van der Waals surface area contributed by atoms with E-state index in [1.807, 2.05) is 0 Å². The topological polar surface area (TPSA) is 120 Å². The zero-order chi connectivity index (χ0) is 20.3. The smallest absolute Gasteiger partial charge is 0.321 e. The Bertz CT molecular complexity index is 1000. The average molecular weight is 408 g/mol. The van der Waals surface area contributed by atoms with Crippen molar-refractivity contribution in [3.05, 3.63) is 42.0 Å². The maximum Gasteiger partial charge on any atom is 0.321 e. The second kappa shape index (κ2) is 8.09. The van der Waals surface area contributed by atoms with Crippen molar-refractivity contribution in [2.45, 2.75) is 11.4 Å². The first kappa shape index (κ1) is 20.0. The normalized spacial score (nSPS) is 15.2. The molecule has 0 atom stereocenters. The van der Waals surface area contributed by atoms with Gasteiger partial charge >= 0.3 is 5.97 Å². The molecule has 0 bridgehead atoms. The largest absolute Gasteiger partial charge is 0.468 e. The zero-order valence-corrected chi connectivity index (χ0v) is 16.2. The number of rotatable bonds is 6. The lowest BCUT2D eigenvalue weighted by Gasteiger charge is -2.19. The number of hydrogen-bond donors (Lipinski definition) is 1. The van der Waals surface area contributed by atoms with Crippen molar-refractivity contribution in [2.75, 3.05) is 33.9 Å². The van der Waals surface area contributed by atoms with Crippen LogP contribution in [0.5, 0.6) is 0 Å². The van der Waals surface area contributed by atoms with E-state index in [0.717, 1.165) is 4.31 Å². The van der Waals surface area contributed by atoms with Gasteiger partial charge in [0.25, 0.3) is 5.91 Å². The Balaban J connectivity index is 2.09. The fourth-order valence-electron chi connectivity index (χ4n) is 2.89. The summed E-state index contributed by atoms with van der Waals surface area (Å²) in [7, 11) is -1.30. The summed E-state index contributed by atoms with van der Waals surface area (Å²) >= 11 is 0. The van der Waals surface area contributed by atoms with Gasteiger partial charge in [0.2, 0.25) is 10.0 Å². The average Bonchev–Trinajstić information content (AvgIpc) is 3.07. The van der Waals surface area contributed by atoms with Crippen LogP contribution in [0.3, 0.4) is 0 Å². The molecule has 0 aliphatic carbocycles. The summed E-state index contributed by atoms with van der Waals surface area (Å²) in [6, 6.07) is 6.34. The van der Waals surface area contributed by atoms with Crippen LogP contribution in [0.4, 0.5) is 0 Å². The van der Waals surface area contributed by atoms with E-state index in [0.29, 0.717) is 18.0 Å². The van der Waals surface area contributed by atoms with Gasteiger partial charge in [0.1, 0.15) is 17.8 Å². The van der Waals surface area contributed by atoms with Crippen molar-refractivity contribution in [1.82, 2.24) is 19.2 Å². The number of aromatic nitrogens is 2. The Morgan fingerprint density at radius 1 is 1.25 bits per heavy atom. The lowest BCUT2D eigenvalue weighted by molar-refractivity contribution is -0.140. The first-order chi connectivity index (χ1) is 13.4. The number of nitrogens with zero attached hydrogens (tertiary/aromatic N) is 3. The van der Waals surface area contributed by atoms with Gasteiger partial charge in [-0.15, -0.1) is 0 Å². The molecule has 2 aromatic rings. The molecule has 1 amide bonds. The fourth-order valence-corrected chi connectivity index (χ4v) is 4.41.